The van der Waals surface area contributed by atoms with Gasteiger partial charge in [-0.25, -0.2) is 13.8 Å². The number of carbonyl (C=O) groups excluding carboxylic acids is 1. The van der Waals surface area contributed by atoms with Gasteiger partial charge < -0.3 is 15.3 Å². The van der Waals surface area contributed by atoms with Gasteiger partial charge >= 0.3 is 5.00 Å². The van der Waals surface area contributed by atoms with Crippen molar-refractivity contribution in [2.24, 2.45) is 5.34 Å². The van der Waals surface area contributed by atoms with Crippen LogP contribution in [0.15, 0.2) is 60.2 Å². The number of amides is 1. The quantitative estimate of drug-likeness (QED) is 0.158. The molecule has 0 atom stereocenters. The van der Waals surface area contributed by atoms with Gasteiger partial charge in [0.25, 0.3) is 11.9 Å². The van der Waals surface area contributed by atoms with Crippen LogP contribution >= 0.6 is 11.3 Å². The highest BCUT2D eigenvalue weighted by Crippen LogP contribution is 2.28. The van der Waals surface area contributed by atoms with E-state index >= 15 is 0 Å². The van der Waals surface area contributed by atoms with E-state index in [1.807, 2.05) is 6.92 Å². The first-order chi connectivity index (χ1) is 18.8. The number of nitro groups is 1. The fourth-order valence-corrected chi connectivity index (χ4v) is 4.00. The first kappa shape index (κ1) is 26.7. The van der Waals surface area contributed by atoms with Crippen molar-refractivity contribution < 1.29 is 24.1 Å². The maximum atomic E-state index is 13.5. The fourth-order valence-electron chi connectivity index (χ4n) is 3.28. The van der Waals surface area contributed by atoms with Crippen LogP contribution < -0.4 is 10.1 Å². The summed E-state index contributed by atoms with van der Waals surface area (Å²) in [5.74, 6) is -0.370. The average Bonchev–Trinajstić information content (AvgIpc) is 3.68. The Bertz CT molecular complexity index is 1630. The van der Waals surface area contributed by atoms with Crippen LogP contribution in [0.5, 0.6) is 5.88 Å². The summed E-state index contributed by atoms with van der Waals surface area (Å²) in [5, 5.41) is 30.5. The minimum atomic E-state index is -0.582. The zero-order valence-electron chi connectivity index (χ0n) is 20.0. The molecule has 5 rings (SSSR count). The Balaban J connectivity index is 0.00000112. The summed E-state index contributed by atoms with van der Waals surface area (Å²) in [7, 11) is 0. The maximum Gasteiger partial charge on any atom is 0.324 e. The van der Waals surface area contributed by atoms with Crippen LogP contribution in [-0.4, -0.2) is 52.2 Å². The molecule has 39 heavy (non-hydrogen) atoms. The van der Waals surface area contributed by atoms with E-state index in [1.54, 1.807) is 12.3 Å². The molecule has 4 aromatic heterocycles. The summed E-state index contributed by atoms with van der Waals surface area (Å²) in [5.41, 5.74) is 0.861. The molecule has 1 aromatic carbocycles. The minimum absolute atomic E-state index is 0.116. The second-order valence-electron chi connectivity index (χ2n) is 7.52. The van der Waals surface area contributed by atoms with Gasteiger partial charge in [0, 0.05) is 18.3 Å². The number of hydrogen-bond acceptors (Lipinski definition) is 11. The van der Waals surface area contributed by atoms with Crippen LogP contribution in [-0.2, 0) is 0 Å². The second kappa shape index (κ2) is 11.8. The molecule has 0 saturated carbocycles. The molecular weight excluding hydrogens is 537 g/mol. The Morgan fingerprint density at radius 3 is 2.64 bits per heavy atom. The largest absolute Gasteiger partial charge is 0.477 e. The molecule has 0 aliphatic carbocycles. The molecule has 5 aromatic rings. The maximum absolute atomic E-state index is 13.5. The number of rotatable bonds is 8. The van der Waals surface area contributed by atoms with Crippen molar-refractivity contribution in [3.8, 4) is 17.5 Å². The Kier molecular flexibility index (Phi) is 8.10. The zero-order valence-corrected chi connectivity index (χ0v) is 20.8. The van der Waals surface area contributed by atoms with Crippen molar-refractivity contribution in [2.45, 2.75) is 13.3 Å². The molecule has 15 nitrogen and oxygen atoms in total. The molecule has 4 heterocycles. The summed E-state index contributed by atoms with van der Waals surface area (Å²) in [4.78, 5) is 40.6. The Labute approximate surface area is 221 Å². The van der Waals surface area contributed by atoms with Crippen molar-refractivity contribution >= 4 is 39.1 Å². The SMILES string of the molecule is CCCOc1ccn(-c2nc(NC(=O)c3ccc([N+](=O)[O-])s3)c3cnn(-c4ccc(F)cc4)c3n2)n1.O=NO. The lowest BCUT2D eigenvalue weighted by atomic mass is 10.3. The zero-order chi connectivity index (χ0) is 27.9. The van der Waals surface area contributed by atoms with Crippen LogP contribution in [0.25, 0.3) is 22.7 Å². The Morgan fingerprint density at radius 2 is 1.97 bits per heavy atom. The number of ether oxygens (including phenoxy) is 1. The van der Waals surface area contributed by atoms with Gasteiger partial charge in [0.05, 0.1) is 33.7 Å². The predicted octanol–water partition coefficient (Wildman–Crippen LogP) is 4.29. The van der Waals surface area contributed by atoms with Crippen LogP contribution in [0.4, 0.5) is 15.2 Å². The van der Waals surface area contributed by atoms with Crippen LogP contribution in [0.3, 0.4) is 0 Å². The van der Waals surface area contributed by atoms with Gasteiger partial charge in [-0.05, 0) is 36.8 Å². The number of fused-ring (bicyclic) bond motifs is 1. The van der Waals surface area contributed by atoms with E-state index in [1.165, 1.54) is 57.3 Å². The smallest absolute Gasteiger partial charge is 0.324 e. The molecule has 0 aliphatic rings. The number of aromatic nitrogens is 6. The number of hydrogen-bond donors (Lipinski definition) is 2. The molecule has 1 amide bonds. The summed E-state index contributed by atoms with van der Waals surface area (Å²) in [6, 6.07) is 9.95. The number of benzene rings is 1. The highest BCUT2D eigenvalue weighted by molar-refractivity contribution is 7.17. The molecule has 17 heteroatoms. The molecule has 0 radical (unpaired) electrons. The lowest BCUT2D eigenvalue weighted by Crippen LogP contribution is -2.14. The number of nitrogens with one attached hydrogen (secondary N) is 1. The third kappa shape index (κ3) is 5.99. The van der Waals surface area contributed by atoms with Gasteiger partial charge in [-0.2, -0.15) is 15.1 Å². The topological polar surface area (TPSA) is 193 Å². The van der Waals surface area contributed by atoms with Gasteiger partial charge in [0.2, 0.25) is 5.88 Å². The van der Waals surface area contributed by atoms with Crippen LogP contribution in [0, 0.1) is 20.8 Å². The van der Waals surface area contributed by atoms with Crippen molar-refractivity contribution in [1.82, 2.24) is 29.5 Å². The van der Waals surface area contributed by atoms with E-state index < -0.39 is 16.6 Å². The summed E-state index contributed by atoms with van der Waals surface area (Å²) < 4.78 is 21.9. The molecule has 200 valence electrons. The highest BCUT2D eigenvalue weighted by Gasteiger charge is 2.20. The van der Waals surface area contributed by atoms with Crippen molar-refractivity contribution in [3.05, 3.63) is 80.6 Å². The van der Waals surface area contributed by atoms with Crippen molar-refractivity contribution in [1.29, 1.82) is 0 Å². The number of anilines is 1. The normalized spacial score (nSPS) is 10.5. The third-order valence-corrected chi connectivity index (χ3v) is 5.97. The summed E-state index contributed by atoms with van der Waals surface area (Å²) in [6.07, 6.45) is 3.88. The molecule has 0 aliphatic heterocycles. The summed E-state index contributed by atoms with van der Waals surface area (Å²) in [6.45, 7) is 2.46. The second-order valence-corrected chi connectivity index (χ2v) is 8.58. The lowest BCUT2D eigenvalue weighted by molar-refractivity contribution is -0.380. The highest BCUT2D eigenvalue weighted by atomic mass is 32.1. The monoisotopic (exact) mass is 555 g/mol. The average molecular weight is 556 g/mol. The van der Waals surface area contributed by atoms with Gasteiger partial charge in [-0.1, -0.05) is 18.3 Å². The third-order valence-electron chi connectivity index (χ3n) is 4.94. The van der Waals surface area contributed by atoms with E-state index in [-0.39, 0.29) is 21.6 Å². The van der Waals surface area contributed by atoms with E-state index in [9.17, 15) is 19.3 Å². The number of thiophene rings is 1. The van der Waals surface area contributed by atoms with Crippen molar-refractivity contribution in [3.63, 3.8) is 0 Å². The molecule has 0 spiro atoms. The number of carbonyl (C=O) groups is 1. The first-order valence-electron chi connectivity index (χ1n) is 11.1. The first-order valence-corrected chi connectivity index (χ1v) is 11.9. The molecule has 0 saturated heterocycles. The summed E-state index contributed by atoms with van der Waals surface area (Å²) >= 11 is 0.744. The standard InChI is InChI=1S/C22H17FN8O4S.HNO2/c1-2-11-35-17-9-10-29(28-17)22-26-19(25-21(32)16-7-8-18(36-16)31(33)34)15-12-24-30(20(15)27-22)14-5-3-13(23)4-6-14;2-1-3/h3-10,12H,2,11H2,1H3,(H,25,26,27,32);(H,2,3). The van der Waals surface area contributed by atoms with Gasteiger partial charge in [-0.15, -0.1) is 10.0 Å². The Morgan fingerprint density at radius 1 is 1.23 bits per heavy atom. The van der Waals surface area contributed by atoms with Gasteiger partial charge in [0.15, 0.2) is 11.0 Å². The van der Waals surface area contributed by atoms with Crippen LogP contribution in [0.1, 0.15) is 23.0 Å². The molecule has 2 N–H and O–H groups in total. The van der Waals surface area contributed by atoms with Crippen molar-refractivity contribution in [2.75, 3.05) is 11.9 Å². The number of halogens is 1. The Hall–Kier alpha value is -5.32. The van der Waals surface area contributed by atoms with Gasteiger partial charge in [-0.3, -0.25) is 14.9 Å². The van der Waals surface area contributed by atoms with E-state index in [2.05, 4.69) is 25.5 Å². The minimum Gasteiger partial charge on any atom is -0.477 e. The van der Waals surface area contributed by atoms with E-state index in [0.29, 0.717) is 29.2 Å². The molecular formula is C22H18FN9O6S. The van der Waals surface area contributed by atoms with Crippen LogP contribution in [0.2, 0.25) is 0 Å². The lowest BCUT2D eigenvalue weighted by Gasteiger charge is -2.09. The van der Waals surface area contributed by atoms with Gasteiger partial charge in [0.1, 0.15) is 11.6 Å². The number of nitrogens with zero attached hydrogens (tertiary/aromatic N) is 8. The molecule has 0 bridgehead atoms. The predicted molar refractivity (Wildman–Crippen MR) is 136 cm³/mol. The van der Waals surface area contributed by atoms with E-state index in [0.717, 1.165) is 17.8 Å². The van der Waals surface area contributed by atoms with E-state index in [4.69, 9.17) is 14.9 Å². The molecule has 0 fully saturated rings. The fraction of sp³-hybridized carbons (Fsp3) is 0.136. The molecule has 0 unspecified atom stereocenters.